The van der Waals surface area contributed by atoms with Crippen molar-refractivity contribution >= 4 is 54.8 Å². The summed E-state index contributed by atoms with van der Waals surface area (Å²) in [7, 11) is 1.78. The predicted molar refractivity (Wildman–Crippen MR) is 86.4 cm³/mol. The van der Waals surface area contributed by atoms with Crippen LogP contribution in [0.1, 0.15) is 15.2 Å². The van der Waals surface area contributed by atoms with Crippen LogP contribution in [-0.2, 0) is 6.54 Å². The number of halogens is 2. The average Bonchev–Trinajstić information content (AvgIpc) is 2.77. The fourth-order valence-corrected chi connectivity index (χ4v) is 3.60. The van der Waals surface area contributed by atoms with Crippen LogP contribution in [0.2, 0.25) is 0 Å². The molecule has 6 heteroatoms. The van der Waals surface area contributed by atoms with Crippen LogP contribution in [0.3, 0.4) is 0 Å². The maximum Gasteiger partial charge on any atom is 0.255 e. The van der Waals surface area contributed by atoms with Gasteiger partial charge in [-0.2, -0.15) is 0 Å². The number of nitrogen functional groups attached to an aromatic ring is 1. The highest BCUT2D eigenvalue weighted by atomic mass is 79.9. The molecule has 2 aromatic rings. The molecular formula is C13H12Br2N2OS. The standard InChI is InChI=1S/C13H12Br2N2OS/c1-17(6-9-5-8(14)7-19-9)13(18)10-3-2-4-11(16)12(10)15/h2-5,7H,6,16H2,1H3. The molecule has 2 rings (SSSR count). The summed E-state index contributed by atoms with van der Waals surface area (Å²) in [5.41, 5.74) is 6.94. The van der Waals surface area contributed by atoms with Crippen molar-refractivity contribution in [1.82, 2.24) is 4.90 Å². The van der Waals surface area contributed by atoms with E-state index in [0.717, 1.165) is 9.35 Å². The first kappa shape index (κ1) is 14.6. The van der Waals surface area contributed by atoms with E-state index < -0.39 is 0 Å². The van der Waals surface area contributed by atoms with E-state index in [-0.39, 0.29) is 5.91 Å². The van der Waals surface area contributed by atoms with Gasteiger partial charge in [0.05, 0.1) is 16.6 Å². The van der Waals surface area contributed by atoms with Crippen molar-refractivity contribution in [3.63, 3.8) is 0 Å². The van der Waals surface area contributed by atoms with Crippen LogP contribution in [-0.4, -0.2) is 17.9 Å². The molecule has 1 aromatic carbocycles. The molecule has 0 saturated carbocycles. The molecule has 2 N–H and O–H groups in total. The largest absolute Gasteiger partial charge is 0.398 e. The Morgan fingerprint density at radius 2 is 2.16 bits per heavy atom. The van der Waals surface area contributed by atoms with Gasteiger partial charge in [0.2, 0.25) is 0 Å². The van der Waals surface area contributed by atoms with Gasteiger partial charge in [-0.1, -0.05) is 6.07 Å². The summed E-state index contributed by atoms with van der Waals surface area (Å²) >= 11 is 8.39. The molecule has 0 atom stereocenters. The highest BCUT2D eigenvalue weighted by Gasteiger charge is 2.16. The van der Waals surface area contributed by atoms with Gasteiger partial charge < -0.3 is 10.6 Å². The van der Waals surface area contributed by atoms with Crippen LogP contribution >= 0.6 is 43.2 Å². The molecule has 0 aliphatic rings. The highest BCUT2D eigenvalue weighted by molar-refractivity contribution is 9.11. The molecule has 3 nitrogen and oxygen atoms in total. The molecule has 0 unspecified atom stereocenters. The second kappa shape index (κ2) is 6.07. The Bertz CT molecular complexity index is 612. The summed E-state index contributed by atoms with van der Waals surface area (Å²) in [5, 5.41) is 2.00. The smallest absolute Gasteiger partial charge is 0.255 e. The summed E-state index contributed by atoms with van der Waals surface area (Å²) in [4.78, 5) is 15.2. The topological polar surface area (TPSA) is 46.3 Å². The van der Waals surface area contributed by atoms with E-state index >= 15 is 0 Å². The lowest BCUT2D eigenvalue weighted by molar-refractivity contribution is 0.0785. The normalized spacial score (nSPS) is 10.5. The van der Waals surface area contributed by atoms with Crippen molar-refractivity contribution in [3.05, 3.63) is 49.0 Å². The first-order valence-electron chi connectivity index (χ1n) is 5.51. The molecule has 1 amide bonds. The van der Waals surface area contributed by atoms with E-state index in [4.69, 9.17) is 5.73 Å². The molecule has 100 valence electrons. The van der Waals surface area contributed by atoms with Crippen LogP contribution in [0.15, 0.2) is 38.6 Å². The molecule has 19 heavy (non-hydrogen) atoms. The number of thiophene rings is 1. The molecule has 1 aromatic heterocycles. The molecular weight excluding hydrogens is 392 g/mol. The molecule has 1 heterocycles. The zero-order valence-electron chi connectivity index (χ0n) is 10.2. The van der Waals surface area contributed by atoms with Gasteiger partial charge in [-0.25, -0.2) is 0 Å². The van der Waals surface area contributed by atoms with Gasteiger partial charge in [0.15, 0.2) is 0 Å². The Kier molecular flexibility index (Phi) is 4.65. The lowest BCUT2D eigenvalue weighted by Crippen LogP contribution is -2.26. The van der Waals surface area contributed by atoms with E-state index in [0.29, 0.717) is 22.3 Å². The number of amides is 1. The van der Waals surface area contributed by atoms with Gasteiger partial charge in [-0.15, -0.1) is 11.3 Å². The molecule has 0 radical (unpaired) electrons. The van der Waals surface area contributed by atoms with Crippen molar-refractivity contribution in [2.24, 2.45) is 0 Å². The number of anilines is 1. The maximum atomic E-state index is 12.4. The van der Waals surface area contributed by atoms with Gasteiger partial charge in [0, 0.05) is 27.5 Å². The third-order valence-corrected chi connectivity index (χ3v) is 5.19. The molecule has 0 aliphatic carbocycles. The number of nitrogens with zero attached hydrogens (tertiary/aromatic N) is 1. The van der Waals surface area contributed by atoms with E-state index in [1.54, 1.807) is 41.5 Å². The van der Waals surface area contributed by atoms with E-state index in [1.165, 1.54) is 0 Å². The third-order valence-electron chi connectivity index (χ3n) is 2.62. The molecule has 0 spiro atoms. The summed E-state index contributed by atoms with van der Waals surface area (Å²) < 4.78 is 1.69. The third kappa shape index (κ3) is 3.38. The van der Waals surface area contributed by atoms with E-state index in [1.807, 2.05) is 11.4 Å². The van der Waals surface area contributed by atoms with Crippen LogP contribution in [0.4, 0.5) is 5.69 Å². The summed E-state index contributed by atoms with van der Waals surface area (Å²) in [6.45, 7) is 0.580. The summed E-state index contributed by atoms with van der Waals surface area (Å²) in [6.07, 6.45) is 0. The second-order valence-electron chi connectivity index (χ2n) is 4.10. The molecule has 0 bridgehead atoms. The minimum atomic E-state index is -0.0521. The lowest BCUT2D eigenvalue weighted by Gasteiger charge is -2.17. The highest BCUT2D eigenvalue weighted by Crippen LogP contribution is 2.26. The Morgan fingerprint density at radius 1 is 1.42 bits per heavy atom. The van der Waals surface area contributed by atoms with Crippen LogP contribution < -0.4 is 5.73 Å². The quantitative estimate of drug-likeness (QED) is 0.783. The first-order valence-corrected chi connectivity index (χ1v) is 7.98. The van der Waals surface area contributed by atoms with Crippen molar-refractivity contribution < 1.29 is 4.79 Å². The van der Waals surface area contributed by atoms with Gasteiger partial charge in [-0.05, 0) is 50.1 Å². The molecule has 0 fully saturated rings. The maximum absolute atomic E-state index is 12.4. The van der Waals surface area contributed by atoms with Crippen LogP contribution in [0.5, 0.6) is 0 Å². The Hall–Kier alpha value is -0.850. The number of nitrogens with two attached hydrogens (primary N) is 1. The predicted octanol–water partition coefficient (Wildman–Crippen LogP) is 4.13. The number of rotatable bonds is 3. The SMILES string of the molecule is CN(Cc1cc(Br)cs1)C(=O)c1cccc(N)c1Br. The summed E-state index contributed by atoms with van der Waals surface area (Å²) in [6, 6.07) is 7.33. The van der Waals surface area contributed by atoms with E-state index in [2.05, 4.69) is 31.9 Å². The van der Waals surface area contributed by atoms with Crippen molar-refractivity contribution in [2.75, 3.05) is 12.8 Å². The van der Waals surface area contributed by atoms with Crippen molar-refractivity contribution in [1.29, 1.82) is 0 Å². The Morgan fingerprint density at radius 3 is 2.79 bits per heavy atom. The number of carbonyl (C=O) groups excluding carboxylic acids is 1. The van der Waals surface area contributed by atoms with Crippen LogP contribution in [0.25, 0.3) is 0 Å². The van der Waals surface area contributed by atoms with E-state index in [9.17, 15) is 4.79 Å². The zero-order chi connectivity index (χ0) is 14.0. The Balaban J connectivity index is 2.17. The number of benzene rings is 1. The van der Waals surface area contributed by atoms with Crippen molar-refractivity contribution in [3.8, 4) is 0 Å². The fourth-order valence-electron chi connectivity index (χ4n) is 1.66. The lowest BCUT2D eigenvalue weighted by atomic mass is 10.2. The minimum Gasteiger partial charge on any atom is -0.398 e. The number of hydrogen-bond acceptors (Lipinski definition) is 3. The van der Waals surface area contributed by atoms with Gasteiger partial charge in [0.25, 0.3) is 5.91 Å². The average molecular weight is 404 g/mol. The van der Waals surface area contributed by atoms with Gasteiger partial charge in [-0.3, -0.25) is 4.79 Å². The van der Waals surface area contributed by atoms with Crippen molar-refractivity contribution in [2.45, 2.75) is 6.54 Å². The monoisotopic (exact) mass is 402 g/mol. The van der Waals surface area contributed by atoms with Gasteiger partial charge >= 0.3 is 0 Å². The van der Waals surface area contributed by atoms with Crippen LogP contribution in [0, 0.1) is 0 Å². The molecule has 0 aliphatic heterocycles. The Labute approximate surface area is 132 Å². The number of carbonyl (C=O) groups is 1. The fraction of sp³-hybridized carbons (Fsp3) is 0.154. The second-order valence-corrected chi connectivity index (χ2v) is 6.81. The molecule has 0 saturated heterocycles. The number of hydrogen-bond donors (Lipinski definition) is 1. The summed E-state index contributed by atoms with van der Waals surface area (Å²) in [5.74, 6) is -0.0521. The first-order chi connectivity index (χ1) is 8.99. The zero-order valence-corrected chi connectivity index (χ0v) is 14.2. The van der Waals surface area contributed by atoms with Gasteiger partial charge in [0.1, 0.15) is 0 Å². The minimum absolute atomic E-state index is 0.0521.